The Bertz CT molecular complexity index is 358. The highest BCUT2D eigenvalue weighted by molar-refractivity contribution is 9.11. The minimum absolute atomic E-state index is 0.297. The number of halogens is 1. The summed E-state index contributed by atoms with van der Waals surface area (Å²) in [5, 5.41) is 12.3. The first kappa shape index (κ1) is 12.6. The zero-order valence-corrected chi connectivity index (χ0v) is 12.1. The number of thiophene rings is 1. The van der Waals surface area contributed by atoms with E-state index in [1.807, 2.05) is 13.8 Å². The van der Waals surface area contributed by atoms with Crippen molar-refractivity contribution in [1.29, 1.82) is 0 Å². The fraction of sp³-hybridized carbons (Fsp3) is 0.667. The van der Waals surface area contributed by atoms with Crippen LogP contribution in [0.25, 0.3) is 0 Å². The van der Waals surface area contributed by atoms with Crippen molar-refractivity contribution in [3.8, 4) is 0 Å². The molecule has 1 aliphatic heterocycles. The van der Waals surface area contributed by atoms with Gasteiger partial charge in [0.15, 0.2) is 0 Å². The fourth-order valence-corrected chi connectivity index (χ4v) is 3.68. The molecule has 1 aromatic rings. The minimum Gasteiger partial charge on any atom is -0.389 e. The molecular weight excluding hydrogens is 286 g/mol. The van der Waals surface area contributed by atoms with Gasteiger partial charge in [-0.25, -0.2) is 0 Å². The van der Waals surface area contributed by atoms with Crippen molar-refractivity contribution in [2.75, 3.05) is 6.54 Å². The van der Waals surface area contributed by atoms with Crippen molar-refractivity contribution in [2.24, 2.45) is 0 Å². The molecule has 1 unspecified atom stereocenters. The predicted octanol–water partition coefficient (Wildman–Crippen LogP) is 3.25. The second-order valence-corrected chi connectivity index (χ2v) is 7.33. The molecule has 0 spiro atoms. The van der Waals surface area contributed by atoms with Gasteiger partial charge in [0.25, 0.3) is 0 Å². The van der Waals surface area contributed by atoms with Crippen molar-refractivity contribution in [3.05, 3.63) is 20.8 Å². The molecular formula is C12H18BrNOS. The molecule has 1 fully saturated rings. The second-order valence-electron chi connectivity index (χ2n) is 5.04. The smallest absolute Gasteiger partial charge is 0.0746 e. The molecule has 2 heterocycles. The van der Waals surface area contributed by atoms with Crippen LogP contribution in [-0.4, -0.2) is 28.2 Å². The van der Waals surface area contributed by atoms with E-state index in [2.05, 4.69) is 32.3 Å². The highest BCUT2D eigenvalue weighted by Gasteiger charge is 2.35. The lowest BCUT2D eigenvalue weighted by Gasteiger charge is -2.33. The SMILES string of the molecule is CC(C)(O)C1CCCN1Cc1csc(Br)c1. The van der Waals surface area contributed by atoms with Gasteiger partial charge in [-0.1, -0.05) is 0 Å². The maximum Gasteiger partial charge on any atom is 0.0746 e. The minimum atomic E-state index is -0.593. The molecule has 0 saturated carbocycles. The van der Waals surface area contributed by atoms with Gasteiger partial charge in [0.2, 0.25) is 0 Å². The third-order valence-corrected chi connectivity index (χ3v) is 4.74. The molecule has 0 aromatic carbocycles. The molecule has 1 atom stereocenters. The van der Waals surface area contributed by atoms with Crippen molar-refractivity contribution in [1.82, 2.24) is 4.90 Å². The first-order valence-corrected chi connectivity index (χ1v) is 7.33. The Labute approximate surface area is 109 Å². The molecule has 1 aromatic heterocycles. The van der Waals surface area contributed by atoms with Crippen LogP contribution in [0.15, 0.2) is 15.2 Å². The molecule has 1 saturated heterocycles. The van der Waals surface area contributed by atoms with E-state index >= 15 is 0 Å². The second kappa shape index (κ2) is 4.77. The van der Waals surface area contributed by atoms with Crippen LogP contribution < -0.4 is 0 Å². The molecule has 1 aliphatic rings. The summed E-state index contributed by atoms with van der Waals surface area (Å²) < 4.78 is 1.18. The van der Waals surface area contributed by atoms with Crippen LogP contribution in [0.1, 0.15) is 32.3 Å². The molecule has 90 valence electrons. The topological polar surface area (TPSA) is 23.5 Å². The van der Waals surface area contributed by atoms with E-state index in [0.29, 0.717) is 6.04 Å². The van der Waals surface area contributed by atoms with E-state index in [4.69, 9.17) is 0 Å². The van der Waals surface area contributed by atoms with E-state index in [1.165, 1.54) is 15.8 Å². The number of hydrogen-bond acceptors (Lipinski definition) is 3. The number of aliphatic hydroxyl groups is 1. The third kappa shape index (κ3) is 2.86. The van der Waals surface area contributed by atoms with Crippen molar-refractivity contribution in [3.63, 3.8) is 0 Å². The number of hydrogen-bond donors (Lipinski definition) is 1. The maximum atomic E-state index is 10.1. The Hall–Kier alpha value is 0.100. The highest BCUT2D eigenvalue weighted by atomic mass is 79.9. The molecule has 0 amide bonds. The summed E-state index contributed by atoms with van der Waals surface area (Å²) in [6.45, 7) is 5.89. The Morgan fingerprint density at radius 3 is 2.94 bits per heavy atom. The number of rotatable bonds is 3. The Morgan fingerprint density at radius 1 is 1.62 bits per heavy atom. The molecule has 1 N–H and O–H groups in total. The van der Waals surface area contributed by atoms with Gasteiger partial charge in [0, 0.05) is 12.6 Å². The van der Waals surface area contributed by atoms with E-state index in [-0.39, 0.29) is 0 Å². The summed E-state index contributed by atoms with van der Waals surface area (Å²) in [6.07, 6.45) is 2.30. The average Bonchev–Trinajstić information content (AvgIpc) is 2.74. The van der Waals surface area contributed by atoms with Crippen LogP contribution >= 0.6 is 27.3 Å². The summed E-state index contributed by atoms with van der Waals surface area (Å²) in [7, 11) is 0. The van der Waals surface area contributed by atoms with Crippen LogP contribution in [0.5, 0.6) is 0 Å². The van der Waals surface area contributed by atoms with Crippen LogP contribution in [0.2, 0.25) is 0 Å². The lowest BCUT2D eigenvalue weighted by Crippen LogP contribution is -2.45. The van der Waals surface area contributed by atoms with E-state index in [0.717, 1.165) is 19.5 Å². The van der Waals surface area contributed by atoms with Gasteiger partial charge in [-0.05, 0) is 66.2 Å². The maximum absolute atomic E-state index is 10.1. The Kier molecular flexibility index (Phi) is 3.74. The highest BCUT2D eigenvalue weighted by Crippen LogP contribution is 2.29. The summed E-state index contributed by atoms with van der Waals surface area (Å²) >= 11 is 5.21. The molecule has 0 radical (unpaired) electrons. The molecule has 0 bridgehead atoms. The first-order chi connectivity index (χ1) is 7.47. The molecule has 0 aliphatic carbocycles. The first-order valence-electron chi connectivity index (χ1n) is 5.66. The lowest BCUT2D eigenvalue weighted by atomic mass is 9.96. The fourth-order valence-electron chi connectivity index (χ4n) is 2.48. The van der Waals surface area contributed by atoms with Crippen molar-refractivity contribution < 1.29 is 5.11 Å². The Morgan fingerprint density at radius 2 is 2.38 bits per heavy atom. The Balaban J connectivity index is 2.04. The van der Waals surface area contributed by atoms with Gasteiger partial charge in [-0.2, -0.15) is 0 Å². The van der Waals surface area contributed by atoms with Gasteiger partial charge >= 0.3 is 0 Å². The van der Waals surface area contributed by atoms with Crippen LogP contribution in [0.4, 0.5) is 0 Å². The number of nitrogens with zero attached hydrogens (tertiary/aromatic N) is 1. The van der Waals surface area contributed by atoms with E-state index in [1.54, 1.807) is 11.3 Å². The van der Waals surface area contributed by atoms with Gasteiger partial charge in [-0.3, -0.25) is 4.90 Å². The lowest BCUT2D eigenvalue weighted by molar-refractivity contribution is -0.00498. The zero-order chi connectivity index (χ0) is 11.8. The molecule has 2 nitrogen and oxygen atoms in total. The van der Waals surface area contributed by atoms with Gasteiger partial charge in [-0.15, -0.1) is 11.3 Å². The summed E-state index contributed by atoms with van der Waals surface area (Å²) in [5.41, 5.74) is 0.747. The van der Waals surface area contributed by atoms with Crippen LogP contribution in [-0.2, 0) is 6.54 Å². The van der Waals surface area contributed by atoms with Gasteiger partial charge < -0.3 is 5.11 Å². The molecule has 2 rings (SSSR count). The predicted molar refractivity (Wildman–Crippen MR) is 71.7 cm³/mol. The number of likely N-dealkylation sites (tertiary alicyclic amines) is 1. The van der Waals surface area contributed by atoms with Crippen LogP contribution in [0, 0.1) is 0 Å². The molecule has 4 heteroatoms. The van der Waals surface area contributed by atoms with E-state index < -0.39 is 5.60 Å². The summed E-state index contributed by atoms with van der Waals surface area (Å²) in [4.78, 5) is 2.40. The monoisotopic (exact) mass is 303 g/mol. The van der Waals surface area contributed by atoms with Gasteiger partial charge in [0.1, 0.15) is 0 Å². The standard InChI is InChI=1S/C12H18BrNOS/c1-12(2,15)10-4-3-5-14(10)7-9-6-11(13)16-8-9/h6,8,10,15H,3-5,7H2,1-2H3. The molecule has 16 heavy (non-hydrogen) atoms. The largest absolute Gasteiger partial charge is 0.389 e. The van der Waals surface area contributed by atoms with E-state index in [9.17, 15) is 5.11 Å². The zero-order valence-electron chi connectivity index (χ0n) is 9.74. The normalized spacial score (nSPS) is 22.9. The summed E-state index contributed by atoms with van der Waals surface area (Å²) in [6, 6.07) is 2.47. The van der Waals surface area contributed by atoms with Crippen LogP contribution in [0.3, 0.4) is 0 Å². The quantitative estimate of drug-likeness (QED) is 0.926. The summed E-state index contributed by atoms with van der Waals surface area (Å²) in [5.74, 6) is 0. The third-order valence-electron chi connectivity index (χ3n) is 3.19. The van der Waals surface area contributed by atoms with Crippen molar-refractivity contribution >= 4 is 27.3 Å². The van der Waals surface area contributed by atoms with Gasteiger partial charge in [0.05, 0.1) is 9.39 Å². The van der Waals surface area contributed by atoms with Crippen molar-refractivity contribution in [2.45, 2.75) is 44.9 Å². The average molecular weight is 304 g/mol.